The van der Waals surface area contributed by atoms with Crippen molar-refractivity contribution in [1.82, 2.24) is 0 Å². The van der Waals surface area contributed by atoms with E-state index in [1.54, 1.807) is 31.2 Å². The van der Waals surface area contributed by atoms with E-state index in [9.17, 15) is 4.79 Å². The van der Waals surface area contributed by atoms with Gasteiger partial charge in [-0.1, -0.05) is 29.8 Å². The van der Waals surface area contributed by atoms with Gasteiger partial charge < -0.3 is 18.9 Å². The SMILES string of the molecule is COc1cc(/C=C/C(=O)O[C@@H](C)c2ccccc2Cl)cc(OC)c1OC. The lowest BCUT2D eigenvalue weighted by molar-refractivity contribution is -0.142. The fourth-order valence-corrected chi connectivity index (χ4v) is 2.73. The molecular weight excluding hydrogens is 356 g/mol. The maximum absolute atomic E-state index is 12.1. The van der Waals surface area contributed by atoms with Crippen LogP contribution < -0.4 is 14.2 Å². The molecule has 0 unspecified atom stereocenters. The van der Waals surface area contributed by atoms with Crippen LogP contribution in [0.1, 0.15) is 24.2 Å². The Morgan fingerprint density at radius 3 is 2.19 bits per heavy atom. The lowest BCUT2D eigenvalue weighted by atomic mass is 10.1. The van der Waals surface area contributed by atoms with Crippen LogP contribution in [-0.2, 0) is 9.53 Å². The molecule has 0 aliphatic carbocycles. The third-order valence-electron chi connectivity index (χ3n) is 3.74. The zero-order valence-electron chi connectivity index (χ0n) is 15.1. The lowest BCUT2D eigenvalue weighted by Gasteiger charge is -2.14. The lowest BCUT2D eigenvalue weighted by Crippen LogP contribution is -2.06. The zero-order chi connectivity index (χ0) is 19.1. The highest BCUT2D eigenvalue weighted by molar-refractivity contribution is 6.31. The molecule has 2 aromatic carbocycles. The van der Waals surface area contributed by atoms with Gasteiger partial charge in [0.2, 0.25) is 5.75 Å². The van der Waals surface area contributed by atoms with Gasteiger partial charge in [0, 0.05) is 16.7 Å². The normalized spacial score (nSPS) is 11.9. The smallest absolute Gasteiger partial charge is 0.331 e. The highest BCUT2D eigenvalue weighted by atomic mass is 35.5. The molecule has 0 radical (unpaired) electrons. The van der Waals surface area contributed by atoms with E-state index in [0.29, 0.717) is 27.8 Å². The minimum absolute atomic E-state index is 0.458. The van der Waals surface area contributed by atoms with Crippen LogP contribution in [0.2, 0.25) is 5.02 Å². The summed E-state index contributed by atoms with van der Waals surface area (Å²) >= 11 is 6.12. The van der Waals surface area contributed by atoms with Crippen molar-refractivity contribution in [1.29, 1.82) is 0 Å². The third kappa shape index (κ3) is 4.70. The van der Waals surface area contributed by atoms with Crippen molar-refractivity contribution in [2.45, 2.75) is 13.0 Å². The minimum Gasteiger partial charge on any atom is -0.493 e. The number of ether oxygens (including phenoxy) is 4. The second-order valence-electron chi connectivity index (χ2n) is 5.39. The summed E-state index contributed by atoms with van der Waals surface area (Å²) in [7, 11) is 4.60. The van der Waals surface area contributed by atoms with Crippen molar-refractivity contribution < 1.29 is 23.7 Å². The number of carbonyl (C=O) groups is 1. The van der Waals surface area contributed by atoms with E-state index in [0.717, 1.165) is 5.56 Å². The molecule has 138 valence electrons. The number of rotatable bonds is 7. The van der Waals surface area contributed by atoms with Crippen LogP contribution in [0.4, 0.5) is 0 Å². The molecule has 1 atom stereocenters. The fraction of sp³-hybridized carbons (Fsp3) is 0.250. The van der Waals surface area contributed by atoms with E-state index < -0.39 is 12.1 Å². The van der Waals surface area contributed by atoms with Crippen molar-refractivity contribution in [2.24, 2.45) is 0 Å². The molecule has 0 aliphatic rings. The number of hydrogen-bond donors (Lipinski definition) is 0. The highest BCUT2D eigenvalue weighted by Gasteiger charge is 2.14. The van der Waals surface area contributed by atoms with Gasteiger partial charge in [-0.3, -0.25) is 0 Å². The monoisotopic (exact) mass is 376 g/mol. The molecule has 0 saturated carbocycles. The highest BCUT2D eigenvalue weighted by Crippen LogP contribution is 2.38. The Hall–Kier alpha value is -2.66. The van der Waals surface area contributed by atoms with Crippen molar-refractivity contribution in [3.8, 4) is 17.2 Å². The number of esters is 1. The number of methoxy groups -OCH3 is 3. The average Bonchev–Trinajstić information content (AvgIpc) is 2.65. The molecule has 6 heteroatoms. The summed E-state index contributed by atoms with van der Waals surface area (Å²) in [5, 5.41) is 0.557. The van der Waals surface area contributed by atoms with E-state index in [1.165, 1.54) is 27.4 Å². The first-order chi connectivity index (χ1) is 12.5. The van der Waals surface area contributed by atoms with Crippen LogP contribution in [0.15, 0.2) is 42.5 Å². The average molecular weight is 377 g/mol. The molecule has 0 aliphatic heterocycles. The van der Waals surface area contributed by atoms with Crippen LogP contribution >= 0.6 is 11.6 Å². The van der Waals surface area contributed by atoms with E-state index in [-0.39, 0.29) is 0 Å². The van der Waals surface area contributed by atoms with Crippen LogP contribution in [0.25, 0.3) is 6.08 Å². The number of benzene rings is 2. The summed E-state index contributed by atoms with van der Waals surface area (Å²) in [5.41, 5.74) is 1.46. The molecule has 0 amide bonds. The molecule has 0 aromatic heterocycles. The van der Waals surface area contributed by atoms with E-state index in [4.69, 9.17) is 30.5 Å². The van der Waals surface area contributed by atoms with Gasteiger partial charge >= 0.3 is 5.97 Å². The predicted molar refractivity (Wildman–Crippen MR) is 101 cm³/mol. The van der Waals surface area contributed by atoms with Gasteiger partial charge in [0.05, 0.1) is 21.3 Å². The van der Waals surface area contributed by atoms with Gasteiger partial charge in [0.25, 0.3) is 0 Å². The first-order valence-electron chi connectivity index (χ1n) is 7.93. The molecule has 2 rings (SSSR count). The Kier molecular flexibility index (Phi) is 6.92. The quantitative estimate of drug-likeness (QED) is 0.518. The summed E-state index contributed by atoms with van der Waals surface area (Å²) in [6, 6.07) is 10.7. The Balaban J connectivity index is 2.14. The summed E-state index contributed by atoms with van der Waals surface area (Å²) in [4.78, 5) is 12.1. The number of carbonyl (C=O) groups excluding carboxylic acids is 1. The van der Waals surface area contributed by atoms with Crippen LogP contribution in [0, 0.1) is 0 Å². The molecule has 0 bridgehead atoms. The number of hydrogen-bond acceptors (Lipinski definition) is 5. The van der Waals surface area contributed by atoms with Gasteiger partial charge in [-0.15, -0.1) is 0 Å². The molecule has 0 heterocycles. The molecule has 2 aromatic rings. The first-order valence-corrected chi connectivity index (χ1v) is 8.31. The minimum atomic E-state index is -0.480. The van der Waals surface area contributed by atoms with Crippen LogP contribution in [0.5, 0.6) is 17.2 Å². The second-order valence-corrected chi connectivity index (χ2v) is 5.80. The zero-order valence-corrected chi connectivity index (χ0v) is 15.9. The van der Waals surface area contributed by atoms with E-state index in [1.807, 2.05) is 18.2 Å². The van der Waals surface area contributed by atoms with E-state index >= 15 is 0 Å². The molecule has 0 spiro atoms. The van der Waals surface area contributed by atoms with Gasteiger partial charge in [0.15, 0.2) is 11.5 Å². The fourth-order valence-electron chi connectivity index (χ4n) is 2.44. The summed E-state index contributed by atoms with van der Waals surface area (Å²) < 4.78 is 21.3. The summed E-state index contributed by atoms with van der Waals surface area (Å²) in [5.74, 6) is 1.02. The topological polar surface area (TPSA) is 54.0 Å². The van der Waals surface area contributed by atoms with Gasteiger partial charge in [-0.25, -0.2) is 4.79 Å². The Morgan fingerprint density at radius 2 is 1.65 bits per heavy atom. The van der Waals surface area contributed by atoms with E-state index in [2.05, 4.69) is 0 Å². The second kappa shape index (κ2) is 9.15. The molecule has 0 fully saturated rings. The van der Waals surface area contributed by atoms with Gasteiger partial charge in [0.1, 0.15) is 6.10 Å². The molecular formula is C20H21ClO5. The molecule has 26 heavy (non-hydrogen) atoms. The maximum Gasteiger partial charge on any atom is 0.331 e. The van der Waals surface area contributed by atoms with Crippen molar-refractivity contribution in [3.05, 3.63) is 58.6 Å². The van der Waals surface area contributed by atoms with Crippen LogP contribution in [0.3, 0.4) is 0 Å². The molecule has 0 saturated heterocycles. The third-order valence-corrected chi connectivity index (χ3v) is 4.08. The molecule has 0 N–H and O–H groups in total. The predicted octanol–water partition coefficient (Wildman–Crippen LogP) is 4.68. The Morgan fingerprint density at radius 1 is 1.04 bits per heavy atom. The standard InChI is InChI=1S/C20H21ClO5/c1-13(15-7-5-6-8-16(15)21)26-19(22)10-9-14-11-17(23-2)20(25-4)18(12-14)24-3/h5-13H,1-4H3/b10-9+/t13-/m0/s1. The summed E-state index contributed by atoms with van der Waals surface area (Å²) in [6.45, 7) is 1.77. The Bertz CT molecular complexity index is 776. The maximum atomic E-state index is 12.1. The van der Waals surface area contributed by atoms with Crippen LogP contribution in [-0.4, -0.2) is 27.3 Å². The molecule has 5 nitrogen and oxygen atoms in total. The van der Waals surface area contributed by atoms with Gasteiger partial charge in [-0.2, -0.15) is 0 Å². The largest absolute Gasteiger partial charge is 0.493 e. The van der Waals surface area contributed by atoms with Crippen molar-refractivity contribution >= 4 is 23.6 Å². The first kappa shape index (κ1) is 19.7. The summed E-state index contributed by atoms with van der Waals surface area (Å²) in [6.07, 6.45) is 2.50. The van der Waals surface area contributed by atoms with Crippen molar-refractivity contribution in [2.75, 3.05) is 21.3 Å². The Labute approximate surface area is 158 Å². The van der Waals surface area contributed by atoms with Gasteiger partial charge in [-0.05, 0) is 36.8 Å². The number of halogens is 1. The van der Waals surface area contributed by atoms with Crippen molar-refractivity contribution in [3.63, 3.8) is 0 Å².